The van der Waals surface area contributed by atoms with Crippen molar-refractivity contribution in [2.45, 2.75) is 71.8 Å². The van der Waals surface area contributed by atoms with Crippen molar-refractivity contribution in [3.8, 4) is 0 Å². The van der Waals surface area contributed by atoms with Crippen LogP contribution in [-0.2, 0) is 17.6 Å². The van der Waals surface area contributed by atoms with Gasteiger partial charge in [-0.25, -0.2) is 4.79 Å². The van der Waals surface area contributed by atoms with E-state index in [4.69, 9.17) is 4.74 Å². The van der Waals surface area contributed by atoms with E-state index in [0.717, 1.165) is 32.4 Å². The number of hydrogen-bond donors (Lipinski definition) is 0. The highest BCUT2D eigenvalue weighted by atomic mass is 79.9. The van der Waals surface area contributed by atoms with E-state index < -0.39 is 5.60 Å². The second-order valence-electron chi connectivity index (χ2n) is 8.93. The molecule has 150 valence electrons. The summed E-state index contributed by atoms with van der Waals surface area (Å²) in [7, 11) is 0. The molecule has 0 aliphatic carbocycles. The van der Waals surface area contributed by atoms with Gasteiger partial charge < -0.3 is 14.5 Å². The molecular formula is C22H33BrN2O2. The van der Waals surface area contributed by atoms with Crippen LogP contribution >= 0.6 is 15.9 Å². The highest BCUT2D eigenvalue weighted by molar-refractivity contribution is 9.10. The first kappa shape index (κ1) is 20.5. The fourth-order valence-electron chi connectivity index (χ4n) is 4.31. The number of nitrogens with zero attached hydrogens (tertiary/aromatic N) is 2. The second-order valence-corrected chi connectivity index (χ2v) is 9.73. The summed E-state index contributed by atoms with van der Waals surface area (Å²) in [6.07, 6.45) is 4.19. The van der Waals surface area contributed by atoms with E-state index in [0.29, 0.717) is 19.0 Å². The minimum absolute atomic E-state index is 0.198. The topological polar surface area (TPSA) is 32.8 Å². The highest BCUT2D eigenvalue weighted by Gasteiger charge is 2.31. The lowest BCUT2D eigenvalue weighted by Crippen LogP contribution is -2.38. The lowest BCUT2D eigenvalue weighted by atomic mass is 9.89. The van der Waals surface area contributed by atoms with Crippen LogP contribution in [0, 0.1) is 0 Å². The minimum atomic E-state index is -0.459. The van der Waals surface area contributed by atoms with Crippen LogP contribution in [-0.4, -0.2) is 42.8 Å². The third-order valence-corrected chi connectivity index (χ3v) is 6.30. The number of carbonyl (C=O) groups excluding carboxylic acids is 1. The number of anilines is 1. The van der Waals surface area contributed by atoms with Gasteiger partial charge in [-0.1, -0.05) is 19.9 Å². The molecule has 1 aromatic rings. The molecule has 0 saturated carbocycles. The van der Waals surface area contributed by atoms with E-state index in [1.165, 1.54) is 33.3 Å². The van der Waals surface area contributed by atoms with Gasteiger partial charge in [0.2, 0.25) is 0 Å². The van der Waals surface area contributed by atoms with E-state index in [9.17, 15) is 4.79 Å². The van der Waals surface area contributed by atoms with Gasteiger partial charge in [0.05, 0.1) is 5.69 Å². The van der Waals surface area contributed by atoms with E-state index in [2.05, 4.69) is 40.7 Å². The molecule has 0 saturated heterocycles. The smallest absolute Gasteiger partial charge is 0.410 e. The zero-order chi connectivity index (χ0) is 19.8. The average molecular weight is 437 g/mol. The molecule has 2 aliphatic heterocycles. The summed E-state index contributed by atoms with van der Waals surface area (Å²) in [5.74, 6) is 0.304. The van der Waals surface area contributed by atoms with Gasteiger partial charge in [-0.3, -0.25) is 0 Å². The molecule has 1 unspecified atom stereocenters. The maximum atomic E-state index is 12.6. The molecule has 5 heteroatoms. The van der Waals surface area contributed by atoms with Gasteiger partial charge in [-0.15, -0.1) is 0 Å². The predicted molar refractivity (Wildman–Crippen MR) is 115 cm³/mol. The highest BCUT2D eigenvalue weighted by Crippen LogP contribution is 2.42. The Kier molecular flexibility index (Phi) is 6.09. The molecule has 27 heavy (non-hydrogen) atoms. The molecule has 0 aromatic heterocycles. The van der Waals surface area contributed by atoms with Crippen molar-refractivity contribution >= 4 is 27.7 Å². The molecule has 1 aromatic carbocycles. The number of hydrogen-bond acceptors (Lipinski definition) is 3. The molecule has 1 atom stereocenters. The first-order valence-electron chi connectivity index (χ1n) is 10.3. The molecular weight excluding hydrogens is 404 g/mol. The predicted octanol–water partition coefficient (Wildman–Crippen LogP) is 5.51. The summed E-state index contributed by atoms with van der Waals surface area (Å²) >= 11 is 3.95. The van der Waals surface area contributed by atoms with Crippen molar-refractivity contribution in [3.05, 3.63) is 27.2 Å². The van der Waals surface area contributed by atoms with Crippen LogP contribution in [0.1, 0.15) is 70.1 Å². The van der Waals surface area contributed by atoms with Crippen LogP contribution in [0.25, 0.3) is 0 Å². The SMILES string of the molecule is CCCN1CCCc2cc3c(c(Br)c21)CCN(C(=O)OC(C)(C)C)CC3C. The maximum absolute atomic E-state index is 12.6. The Bertz CT molecular complexity index is 711. The molecule has 0 N–H and O–H groups in total. The first-order valence-corrected chi connectivity index (χ1v) is 11.1. The summed E-state index contributed by atoms with van der Waals surface area (Å²) in [4.78, 5) is 17.0. The van der Waals surface area contributed by atoms with Crippen LogP contribution in [0.2, 0.25) is 0 Å². The summed E-state index contributed by atoms with van der Waals surface area (Å²) < 4.78 is 6.88. The van der Waals surface area contributed by atoms with Crippen LogP contribution in [0.15, 0.2) is 10.5 Å². The number of carbonyl (C=O) groups is 1. The summed E-state index contributed by atoms with van der Waals surface area (Å²) in [5.41, 5.74) is 5.15. The lowest BCUT2D eigenvalue weighted by Gasteiger charge is -2.34. The van der Waals surface area contributed by atoms with Crippen molar-refractivity contribution in [2.75, 3.05) is 31.1 Å². The van der Waals surface area contributed by atoms with Gasteiger partial charge in [-0.05, 0) is 85.0 Å². The average Bonchev–Trinajstić information content (AvgIpc) is 2.74. The number of ether oxygens (including phenoxy) is 1. The van der Waals surface area contributed by atoms with E-state index in [1.54, 1.807) is 0 Å². The lowest BCUT2D eigenvalue weighted by molar-refractivity contribution is 0.0248. The molecule has 3 rings (SSSR count). The number of rotatable bonds is 2. The Morgan fingerprint density at radius 2 is 2.04 bits per heavy atom. The van der Waals surface area contributed by atoms with Crippen LogP contribution in [0.3, 0.4) is 0 Å². The van der Waals surface area contributed by atoms with Gasteiger partial charge in [0, 0.05) is 30.7 Å². The fraction of sp³-hybridized carbons (Fsp3) is 0.682. The Labute approximate surface area is 172 Å². The van der Waals surface area contributed by atoms with Gasteiger partial charge in [0.15, 0.2) is 0 Å². The number of halogens is 1. The van der Waals surface area contributed by atoms with E-state index >= 15 is 0 Å². The summed E-state index contributed by atoms with van der Waals surface area (Å²) in [5, 5.41) is 0. The van der Waals surface area contributed by atoms with Crippen molar-refractivity contribution in [2.24, 2.45) is 0 Å². The van der Waals surface area contributed by atoms with E-state index in [-0.39, 0.29) is 6.09 Å². The van der Waals surface area contributed by atoms with E-state index in [1.807, 2.05) is 25.7 Å². The Morgan fingerprint density at radius 1 is 1.30 bits per heavy atom. The molecule has 4 nitrogen and oxygen atoms in total. The molecule has 0 radical (unpaired) electrons. The molecule has 0 bridgehead atoms. The van der Waals surface area contributed by atoms with Gasteiger partial charge >= 0.3 is 6.09 Å². The Hall–Kier alpha value is -1.23. The molecule has 0 spiro atoms. The summed E-state index contributed by atoms with van der Waals surface area (Å²) in [6.45, 7) is 13.9. The number of aryl methyl sites for hydroxylation is 1. The number of benzene rings is 1. The van der Waals surface area contributed by atoms with Gasteiger partial charge in [-0.2, -0.15) is 0 Å². The fourth-order valence-corrected chi connectivity index (χ4v) is 5.24. The molecule has 1 amide bonds. The Morgan fingerprint density at radius 3 is 2.70 bits per heavy atom. The third kappa shape index (κ3) is 4.44. The largest absolute Gasteiger partial charge is 0.444 e. The summed E-state index contributed by atoms with van der Waals surface area (Å²) in [6, 6.07) is 2.42. The zero-order valence-corrected chi connectivity index (χ0v) is 19.0. The second kappa shape index (κ2) is 8.02. The van der Waals surface area contributed by atoms with Gasteiger partial charge in [0.25, 0.3) is 0 Å². The van der Waals surface area contributed by atoms with Crippen molar-refractivity contribution in [1.29, 1.82) is 0 Å². The van der Waals surface area contributed by atoms with Gasteiger partial charge in [0.1, 0.15) is 5.60 Å². The zero-order valence-electron chi connectivity index (χ0n) is 17.4. The Balaban J connectivity index is 1.91. The molecule has 2 heterocycles. The van der Waals surface area contributed by atoms with Crippen LogP contribution in [0.4, 0.5) is 10.5 Å². The number of amides is 1. The van der Waals surface area contributed by atoms with Crippen molar-refractivity contribution in [3.63, 3.8) is 0 Å². The normalized spacial score (nSPS) is 20.0. The maximum Gasteiger partial charge on any atom is 0.410 e. The van der Waals surface area contributed by atoms with Crippen molar-refractivity contribution in [1.82, 2.24) is 4.90 Å². The third-order valence-electron chi connectivity index (χ3n) is 5.45. The number of fused-ring (bicyclic) bond motifs is 2. The minimum Gasteiger partial charge on any atom is -0.444 e. The van der Waals surface area contributed by atoms with Crippen LogP contribution in [0.5, 0.6) is 0 Å². The molecule has 0 fully saturated rings. The monoisotopic (exact) mass is 436 g/mol. The quantitative estimate of drug-likeness (QED) is 0.612. The standard InChI is InChI=1S/C22H33BrN2O2/c1-6-10-24-11-7-8-16-13-18-15(2)14-25(21(26)27-22(3,4)5)12-9-17(18)19(23)20(16)24/h13,15H,6-12,14H2,1-5H3. The van der Waals surface area contributed by atoms with Crippen LogP contribution < -0.4 is 4.90 Å². The van der Waals surface area contributed by atoms with Crippen molar-refractivity contribution < 1.29 is 9.53 Å². The first-order chi connectivity index (χ1) is 12.7. The molecule has 2 aliphatic rings.